The molecule has 20 heavy (non-hydrogen) atoms. The van der Waals surface area contributed by atoms with E-state index in [0.717, 1.165) is 26.0 Å². The van der Waals surface area contributed by atoms with Crippen LogP contribution in [0.25, 0.3) is 0 Å². The molecule has 0 bridgehead atoms. The standard InChI is InChI=1S/C13H24N2O.C2H4O2/c1-3-4-10-16-11-9-15(2)13-7-5-12(14)6-8-13;3-1-2-4/h1,12-13H,4-11,14H2,2H3;1,4H,2H2. The highest BCUT2D eigenvalue weighted by Crippen LogP contribution is 2.20. The molecule has 5 heteroatoms. The Morgan fingerprint density at radius 2 is 2.00 bits per heavy atom. The smallest absolute Gasteiger partial charge is 0.145 e. The molecule has 1 fully saturated rings. The minimum absolute atomic E-state index is 0.361. The van der Waals surface area contributed by atoms with Crippen LogP contribution in [0.3, 0.4) is 0 Å². The number of likely N-dealkylation sites (N-methyl/N-ethyl adjacent to an activating group) is 1. The molecule has 1 rings (SSSR count). The molecule has 0 amide bonds. The van der Waals surface area contributed by atoms with E-state index in [-0.39, 0.29) is 6.61 Å². The van der Waals surface area contributed by atoms with Gasteiger partial charge in [-0.15, -0.1) is 12.3 Å². The van der Waals surface area contributed by atoms with Gasteiger partial charge in [0.1, 0.15) is 6.29 Å². The fraction of sp³-hybridized carbons (Fsp3) is 0.800. The number of terminal acetylenes is 1. The van der Waals surface area contributed by atoms with Crippen molar-refractivity contribution in [2.45, 2.75) is 44.2 Å². The van der Waals surface area contributed by atoms with Gasteiger partial charge < -0.3 is 25.3 Å². The third-order valence-electron chi connectivity index (χ3n) is 3.42. The number of aliphatic hydroxyl groups is 1. The monoisotopic (exact) mass is 284 g/mol. The molecule has 5 nitrogen and oxygen atoms in total. The highest BCUT2D eigenvalue weighted by Gasteiger charge is 2.21. The van der Waals surface area contributed by atoms with Crippen molar-refractivity contribution in [3.05, 3.63) is 0 Å². The van der Waals surface area contributed by atoms with Crippen LogP contribution in [-0.2, 0) is 9.53 Å². The summed E-state index contributed by atoms with van der Waals surface area (Å²) < 4.78 is 5.45. The van der Waals surface area contributed by atoms with Crippen molar-refractivity contribution in [3.8, 4) is 12.3 Å². The van der Waals surface area contributed by atoms with Gasteiger partial charge in [-0.3, -0.25) is 0 Å². The second-order valence-electron chi connectivity index (χ2n) is 4.96. The molecule has 0 heterocycles. The topological polar surface area (TPSA) is 75.8 Å². The second kappa shape index (κ2) is 13.1. The fourth-order valence-corrected chi connectivity index (χ4v) is 2.17. The van der Waals surface area contributed by atoms with E-state index in [1.165, 1.54) is 12.8 Å². The summed E-state index contributed by atoms with van der Waals surface area (Å²) in [6.45, 7) is 2.09. The molecule has 1 aliphatic carbocycles. The Labute approximate surface area is 122 Å². The average molecular weight is 284 g/mol. The van der Waals surface area contributed by atoms with Crippen LogP contribution in [0, 0.1) is 12.3 Å². The molecular formula is C15H28N2O3. The van der Waals surface area contributed by atoms with Crippen molar-refractivity contribution in [3.63, 3.8) is 0 Å². The summed E-state index contributed by atoms with van der Waals surface area (Å²) in [7, 11) is 2.17. The number of hydrogen-bond donors (Lipinski definition) is 2. The lowest BCUT2D eigenvalue weighted by molar-refractivity contribution is -0.110. The zero-order valence-electron chi connectivity index (χ0n) is 12.5. The van der Waals surface area contributed by atoms with Gasteiger partial charge in [-0.25, -0.2) is 0 Å². The minimum Gasteiger partial charge on any atom is -0.389 e. The maximum absolute atomic E-state index is 8.92. The number of aliphatic hydroxyl groups excluding tert-OH is 1. The summed E-state index contributed by atoms with van der Waals surface area (Å²) in [4.78, 5) is 11.3. The molecule has 0 atom stereocenters. The van der Waals surface area contributed by atoms with E-state index in [9.17, 15) is 0 Å². The zero-order chi connectivity index (χ0) is 15.2. The molecule has 3 N–H and O–H groups in total. The number of hydrogen-bond acceptors (Lipinski definition) is 5. The van der Waals surface area contributed by atoms with E-state index in [0.29, 0.717) is 31.4 Å². The van der Waals surface area contributed by atoms with Crippen LogP contribution in [0.1, 0.15) is 32.1 Å². The van der Waals surface area contributed by atoms with Gasteiger partial charge in [-0.1, -0.05) is 0 Å². The SMILES string of the molecule is C#CCCOCCN(C)C1CCC(N)CC1.O=CCO. The van der Waals surface area contributed by atoms with Crippen LogP contribution >= 0.6 is 0 Å². The van der Waals surface area contributed by atoms with Crippen LogP contribution in [0.2, 0.25) is 0 Å². The summed E-state index contributed by atoms with van der Waals surface area (Å²) in [5.41, 5.74) is 5.89. The lowest BCUT2D eigenvalue weighted by Gasteiger charge is -2.33. The van der Waals surface area contributed by atoms with Gasteiger partial charge in [0, 0.05) is 25.0 Å². The zero-order valence-corrected chi connectivity index (χ0v) is 12.5. The Hall–Kier alpha value is -0.930. The predicted octanol–water partition coefficient (Wildman–Crippen LogP) is 0.406. The lowest BCUT2D eigenvalue weighted by Crippen LogP contribution is -2.40. The number of ether oxygens (including phenoxy) is 1. The number of nitrogens with two attached hydrogens (primary N) is 1. The molecule has 1 saturated carbocycles. The van der Waals surface area contributed by atoms with E-state index in [1.807, 2.05) is 0 Å². The first kappa shape index (κ1) is 19.1. The number of carbonyl (C=O) groups excluding carboxylic acids is 1. The van der Waals surface area contributed by atoms with Gasteiger partial charge in [0.25, 0.3) is 0 Å². The highest BCUT2D eigenvalue weighted by atomic mass is 16.5. The molecule has 116 valence electrons. The summed E-state index contributed by atoms with van der Waals surface area (Å²) >= 11 is 0. The maximum Gasteiger partial charge on any atom is 0.145 e. The summed E-state index contributed by atoms with van der Waals surface area (Å²) in [6, 6.07) is 1.12. The van der Waals surface area contributed by atoms with Crippen LogP contribution in [0.5, 0.6) is 0 Å². The van der Waals surface area contributed by atoms with E-state index >= 15 is 0 Å². The summed E-state index contributed by atoms with van der Waals surface area (Å²) in [5, 5.41) is 7.51. The third-order valence-corrected chi connectivity index (χ3v) is 3.42. The van der Waals surface area contributed by atoms with Crippen molar-refractivity contribution in [2.75, 3.05) is 33.4 Å². The van der Waals surface area contributed by atoms with E-state index in [1.54, 1.807) is 0 Å². The van der Waals surface area contributed by atoms with Crippen LogP contribution in [0.4, 0.5) is 0 Å². The Morgan fingerprint density at radius 1 is 1.40 bits per heavy atom. The number of aldehydes is 1. The molecule has 0 aromatic carbocycles. The molecule has 0 unspecified atom stereocenters. The van der Waals surface area contributed by atoms with Gasteiger partial charge in [0.05, 0.1) is 19.8 Å². The first-order chi connectivity index (χ1) is 9.65. The van der Waals surface area contributed by atoms with E-state index in [2.05, 4.69) is 17.9 Å². The molecular weight excluding hydrogens is 256 g/mol. The van der Waals surface area contributed by atoms with Crippen molar-refractivity contribution >= 4 is 6.29 Å². The largest absolute Gasteiger partial charge is 0.389 e. The molecule has 0 radical (unpaired) electrons. The number of rotatable bonds is 7. The molecule has 1 aliphatic rings. The second-order valence-corrected chi connectivity index (χ2v) is 4.96. The molecule has 0 aromatic heterocycles. The van der Waals surface area contributed by atoms with Gasteiger partial charge in [0.15, 0.2) is 0 Å². The Kier molecular flexibility index (Phi) is 12.5. The quantitative estimate of drug-likeness (QED) is 0.402. The van der Waals surface area contributed by atoms with Crippen molar-refractivity contribution in [1.29, 1.82) is 0 Å². The van der Waals surface area contributed by atoms with Crippen molar-refractivity contribution in [2.24, 2.45) is 5.73 Å². The van der Waals surface area contributed by atoms with Gasteiger partial charge >= 0.3 is 0 Å². The minimum atomic E-state index is -0.361. The molecule has 0 saturated heterocycles. The van der Waals surface area contributed by atoms with Crippen molar-refractivity contribution < 1.29 is 14.6 Å². The fourth-order valence-electron chi connectivity index (χ4n) is 2.17. The lowest BCUT2D eigenvalue weighted by atomic mass is 9.91. The first-order valence-corrected chi connectivity index (χ1v) is 7.17. The molecule has 0 aliphatic heterocycles. The number of nitrogens with zero attached hydrogens (tertiary/aromatic N) is 1. The Balaban J connectivity index is 0.000000796. The Bertz CT molecular complexity index is 271. The normalized spacial score (nSPS) is 21.8. The first-order valence-electron chi connectivity index (χ1n) is 7.17. The summed E-state index contributed by atoms with van der Waals surface area (Å²) in [6.07, 6.45) is 11.1. The molecule has 0 spiro atoms. The summed E-state index contributed by atoms with van der Waals surface area (Å²) in [5.74, 6) is 2.57. The van der Waals surface area contributed by atoms with Gasteiger partial charge in [0.2, 0.25) is 0 Å². The predicted molar refractivity (Wildman–Crippen MR) is 80.3 cm³/mol. The number of carbonyl (C=O) groups is 1. The Morgan fingerprint density at radius 3 is 2.50 bits per heavy atom. The van der Waals surface area contributed by atoms with Crippen LogP contribution < -0.4 is 5.73 Å². The van der Waals surface area contributed by atoms with Gasteiger partial charge in [-0.05, 0) is 32.7 Å². The molecule has 0 aromatic rings. The van der Waals surface area contributed by atoms with Crippen LogP contribution in [-0.4, -0.2) is 61.8 Å². The van der Waals surface area contributed by atoms with E-state index in [4.69, 9.17) is 26.8 Å². The van der Waals surface area contributed by atoms with Gasteiger partial charge in [-0.2, -0.15) is 0 Å². The highest BCUT2D eigenvalue weighted by molar-refractivity contribution is 5.49. The average Bonchev–Trinajstić information content (AvgIpc) is 2.48. The van der Waals surface area contributed by atoms with Crippen LogP contribution in [0.15, 0.2) is 0 Å². The van der Waals surface area contributed by atoms with E-state index < -0.39 is 0 Å². The third kappa shape index (κ3) is 9.93. The van der Waals surface area contributed by atoms with Crippen molar-refractivity contribution in [1.82, 2.24) is 4.90 Å². The maximum atomic E-state index is 8.92.